The lowest BCUT2D eigenvalue weighted by atomic mass is 9.86. The van der Waals surface area contributed by atoms with E-state index in [1.165, 1.54) is 28.7 Å². The summed E-state index contributed by atoms with van der Waals surface area (Å²) in [6.45, 7) is 2.15. The highest BCUT2D eigenvalue weighted by molar-refractivity contribution is 5.65. The summed E-state index contributed by atoms with van der Waals surface area (Å²) in [5, 5.41) is 0. The lowest BCUT2D eigenvalue weighted by Gasteiger charge is -2.30. The Kier molecular flexibility index (Phi) is 4.91. The van der Waals surface area contributed by atoms with E-state index in [1.807, 2.05) is 12.4 Å². The zero-order valence-electron chi connectivity index (χ0n) is 14.6. The predicted octanol–water partition coefficient (Wildman–Crippen LogP) is 4.69. The van der Waals surface area contributed by atoms with Gasteiger partial charge in [0.05, 0.1) is 0 Å². The quantitative estimate of drug-likeness (QED) is 0.749. The Balaban J connectivity index is 1.33. The molecular formula is C22H25N3. The Hall–Kier alpha value is -2.42. The lowest BCUT2D eigenvalue weighted by molar-refractivity contribution is 0.315. The molecule has 1 aliphatic heterocycles. The maximum absolute atomic E-state index is 4.16. The van der Waals surface area contributed by atoms with E-state index in [0.29, 0.717) is 5.92 Å². The second-order valence-corrected chi connectivity index (χ2v) is 7.07. The minimum atomic E-state index is 0.705. The van der Waals surface area contributed by atoms with Crippen molar-refractivity contribution in [3.63, 3.8) is 0 Å². The number of aromatic nitrogens is 2. The van der Waals surface area contributed by atoms with Gasteiger partial charge in [-0.2, -0.15) is 0 Å². The molecule has 3 aliphatic rings. The first-order valence-corrected chi connectivity index (χ1v) is 9.30. The van der Waals surface area contributed by atoms with E-state index in [-0.39, 0.29) is 0 Å². The molecule has 0 fully saturated rings. The molecule has 0 saturated carbocycles. The van der Waals surface area contributed by atoms with Gasteiger partial charge in [0.2, 0.25) is 0 Å². The van der Waals surface area contributed by atoms with Gasteiger partial charge in [-0.3, -0.25) is 0 Å². The third kappa shape index (κ3) is 3.98. The fourth-order valence-corrected chi connectivity index (χ4v) is 3.92. The Bertz CT molecular complexity index is 753. The van der Waals surface area contributed by atoms with Crippen molar-refractivity contribution in [3.8, 4) is 0 Å². The second kappa shape index (κ2) is 7.64. The summed E-state index contributed by atoms with van der Waals surface area (Å²) in [6.07, 6.45) is 27.4. The van der Waals surface area contributed by atoms with E-state index in [9.17, 15) is 0 Å². The van der Waals surface area contributed by atoms with E-state index in [0.717, 1.165) is 38.8 Å². The average molecular weight is 331 g/mol. The van der Waals surface area contributed by atoms with Crippen LogP contribution in [0.2, 0.25) is 0 Å². The number of allylic oxidation sites excluding steroid dienone is 8. The molecule has 2 aliphatic carbocycles. The molecule has 1 aromatic heterocycles. The normalized spacial score (nSPS) is 23.1. The number of hydrogen-bond donors (Lipinski definition) is 0. The van der Waals surface area contributed by atoms with Gasteiger partial charge in [0, 0.05) is 31.0 Å². The first-order chi connectivity index (χ1) is 12.4. The van der Waals surface area contributed by atoms with E-state index in [1.54, 1.807) is 6.33 Å². The zero-order valence-corrected chi connectivity index (χ0v) is 14.6. The lowest BCUT2D eigenvalue weighted by Crippen LogP contribution is -2.28. The fraction of sp³-hybridized carbons (Fsp3) is 0.364. The SMILES string of the molecule is C1=CCC(C2=CCN(CC3CCC=C(c4cncnc4)C3)C=C2)=CC1. The van der Waals surface area contributed by atoms with E-state index >= 15 is 0 Å². The minimum Gasteiger partial charge on any atom is -0.373 e. The molecule has 0 bridgehead atoms. The first-order valence-electron chi connectivity index (χ1n) is 9.30. The summed E-state index contributed by atoms with van der Waals surface area (Å²) in [5.41, 5.74) is 5.48. The van der Waals surface area contributed by atoms with Crippen molar-refractivity contribution in [2.45, 2.75) is 32.1 Å². The molecule has 0 saturated heterocycles. The van der Waals surface area contributed by atoms with Crippen LogP contribution >= 0.6 is 0 Å². The molecule has 0 radical (unpaired) electrons. The Morgan fingerprint density at radius 2 is 1.96 bits per heavy atom. The third-order valence-corrected chi connectivity index (χ3v) is 5.28. The van der Waals surface area contributed by atoms with Gasteiger partial charge >= 0.3 is 0 Å². The van der Waals surface area contributed by atoms with Crippen LogP contribution in [0, 0.1) is 5.92 Å². The summed E-state index contributed by atoms with van der Waals surface area (Å²) in [5.74, 6) is 0.705. The van der Waals surface area contributed by atoms with Crippen molar-refractivity contribution >= 4 is 5.57 Å². The smallest absolute Gasteiger partial charge is 0.115 e. The molecule has 3 heteroatoms. The minimum absolute atomic E-state index is 0.705. The molecule has 25 heavy (non-hydrogen) atoms. The van der Waals surface area contributed by atoms with Crippen molar-refractivity contribution in [2.24, 2.45) is 5.92 Å². The Morgan fingerprint density at radius 1 is 1.04 bits per heavy atom. The first kappa shape index (κ1) is 16.1. The average Bonchev–Trinajstić information content (AvgIpc) is 2.70. The van der Waals surface area contributed by atoms with Crippen LogP contribution in [0.3, 0.4) is 0 Å². The summed E-state index contributed by atoms with van der Waals surface area (Å²) in [4.78, 5) is 10.8. The molecule has 1 unspecified atom stereocenters. The molecule has 1 aromatic rings. The fourth-order valence-electron chi connectivity index (χ4n) is 3.92. The van der Waals surface area contributed by atoms with Crippen LogP contribution in [0.1, 0.15) is 37.7 Å². The van der Waals surface area contributed by atoms with Crippen LogP contribution in [0.15, 0.2) is 72.5 Å². The molecule has 3 nitrogen and oxygen atoms in total. The highest BCUT2D eigenvalue weighted by Gasteiger charge is 2.19. The van der Waals surface area contributed by atoms with Gasteiger partial charge < -0.3 is 4.90 Å². The molecule has 0 amide bonds. The highest BCUT2D eigenvalue weighted by atomic mass is 15.1. The summed E-state index contributed by atoms with van der Waals surface area (Å²) in [6, 6.07) is 0. The van der Waals surface area contributed by atoms with Gasteiger partial charge in [-0.1, -0.05) is 30.4 Å². The summed E-state index contributed by atoms with van der Waals surface area (Å²) >= 11 is 0. The molecular weight excluding hydrogens is 306 g/mol. The van der Waals surface area contributed by atoms with Gasteiger partial charge in [0.15, 0.2) is 0 Å². The van der Waals surface area contributed by atoms with Crippen molar-refractivity contribution in [2.75, 3.05) is 13.1 Å². The van der Waals surface area contributed by atoms with Gasteiger partial charge in [-0.05, 0) is 67.0 Å². The largest absolute Gasteiger partial charge is 0.373 e. The topological polar surface area (TPSA) is 29.0 Å². The molecule has 0 spiro atoms. The summed E-state index contributed by atoms with van der Waals surface area (Å²) in [7, 11) is 0. The van der Waals surface area contributed by atoms with Crippen LogP contribution in [0.25, 0.3) is 5.57 Å². The van der Waals surface area contributed by atoms with Crippen molar-refractivity contribution < 1.29 is 0 Å². The summed E-state index contributed by atoms with van der Waals surface area (Å²) < 4.78 is 0. The van der Waals surface area contributed by atoms with E-state index in [4.69, 9.17) is 0 Å². The van der Waals surface area contributed by atoms with Gasteiger partial charge in [0.25, 0.3) is 0 Å². The maximum atomic E-state index is 4.16. The molecule has 0 N–H and O–H groups in total. The Labute approximate surface area is 150 Å². The van der Waals surface area contributed by atoms with Crippen LogP contribution in [-0.2, 0) is 0 Å². The predicted molar refractivity (Wildman–Crippen MR) is 103 cm³/mol. The van der Waals surface area contributed by atoms with E-state index < -0.39 is 0 Å². The maximum Gasteiger partial charge on any atom is 0.115 e. The second-order valence-electron chi connectivity index (χ2n) is 7.07. The number of nitrogens with zero attached hydrogens (tertiary/aromatic N) is 3. The van der Waals surface area contributed by atoms with Crippen LogP contribution in [0.5, 0.6) is 0 Å². The molecule has 0 aromatic carbocycles. The molecule has 2 heterocycles. The monoisotopic (exact) mass is 331 g/mol. The standard InChI is InChI=1S/C22H25N3/c1-2-6-19(7-3-1)20-9-11-25(12-10-20)16-18-5-4-8-21(13-18)22-14-23-17-24-15-22/h1-2,7-11,14-15,17-18H,3-6,12-13,16H2. The van der Waals surface area contributed by atoms with E-state index in [2.05, 4.69) is 57.5 Å². The van der Waals surface area contributed by atoms with Gasteiger partial charge in [0.1, 0.15) is 6.33 Å². The van der Waals surface area contributed by atoms with Crippen LogP contribution < -0.4 is 0 Å². The highest BCUT2D eigenvalue weighted by Crippen LogP contribution is 2.31. The van der Waals surface area contributed by atoms with Gasteiger partial charge in [-0.25, -0.2) is 9.97 Å². The van der Waals surface area contributed by atoms with Crippen molar-refractivity contribution in [1.29, 1.82) is 0 Å². The molecule has 128 valence electrons. The van der Waals surface area contributed by atoms with Crippen molar-refractivity contribution in [3.05, 3.63) is 78.1 Å². The zero-order chi connectivity index (χ0) is 16.9. The Morgan fingerprint density at radius 3 is 2.72 bits per heavy atom. The molecule has 1 atom stereocenters. The number of rotatable bonds is 4. The van der Waals surface area contributed by atoms with Crippen LogP contribution in [-0.4, -0.2) is 28.0 Å². The third-order valence-electron chi connectivity index (χ3n) is 5.28. The molecule has 4 rings (SSSR count). The van der Waals surface area contributed by atoms with Crippen LogP contribution in [0.4, 0.5) is 0 Å². The van der Waals surface area contributed by atoms with Crippen molar-refractivity contribution in [1.82, 2.24) is 14.9 Å². The number of hydrogen-bond acceptors (Lipinski definition) is 3. The van der Waals surface area contributed by atoms with Gasteiger partial charge in [-0.15, -0.1) is 0 Å².